The third kappa shape index (κ3) is 3.72. The molecule has 2 rings (SSSR count). The molecule has 25 heavy (non-hydrogen) atoms. The first kappa shape index (κ1) is 20.6. The van der Waals surface area contributed by atoms with Gasteiger partial charge in [0.25, 0.3) is 0 Å². The molecule has 0 bridgehead atoms. The molecular weight excluding hydrogens is 312 g/mol. The molecular formula is C22H38O3. The van der Waals surface area contributed by atoms with E-state index in [1.54, 1.807) is 0 Å². The minimum atomic E-state index is -0.399. The zero-order valence-electron chi connectivity index (χ0n) is 17.2. The Balaban J connectivity index is 2.34. The molecule has 1 N–H and O–H groups in total. The van der Waals surface area contributed by atoms with Crippen LogP contribution in [0.25, 0.3) is 0 Å². The van der Waals surface area contributed by atoms with E-state index in [0.29, 0.717) is 29.8 Å². The Kier molecular flexibility index (Phi) is 6.18. The van der Waals surface area contributed by atoms with E-state index in [9.17, 15) is 14.7 Å². The summed E-state index contributed by atoms with van der Waals surface area (Å²) in [6.07, 6.45) is 2.76. The maximum absolute atomic E-state index is 12.8. The van der Waals surface area contributed by atoms with E-state index in [2.05, 4.69) is 20.8 Å². The Hall–Kier alpha value is -0.700. The molecule has 0 amide bonds. The van der Waals surface area contributed by atoms with Crippen molar-refractivity contribution in [2.75, 3.05) is 0 Å². The van der Waals surface area contributed by atoms with E-state index in [-0.39, 0.29) is 35.0 Å². The van der Waals surface area contributed by atoms with Crippen molar-refractivity contribution in [2.45, 2.75) is 80.3 Å². The molecule has 0 aliphatic heterocycles. The summed E-state index contributed by atoms with van der Waals surface area (Å²) in [4.78, 5) is 25.6. The highest BCUT2D eigenvalue weighted by molar-refractivity contribution is 5.84. The second-order valence-electron chi connectivity index (χ2n) is 9.81. The summed E-state index contributed by atoms with van der Waals surface area (Å²) in [7, 11) is 0. The van der Waals surface area contributed by atoms with Gasteiger partial charge in [0.05, 0.1) is 6.10 Å². The summed E-state index contributed by atoms with van der Waals surface area (Å²) < 4.78 is 0. The molecule has 0 aromatic heterocycles. The Morgan fingerprint density at radius 2 is 1.24 bits per heavy atom. The summed E-state index contributed by atoms with van der Waals surface area (Å²) in [6.45, 7) is 14.4. The molecule has 3 nitrogen and oxygen atoms in total. The van der Waals surface area contributed by atoms with Crippen molar-refractivity contribution in [3.63, 3.8) is 0 Å². The van der Waals surface area contributed by atoms with Gasteiger partial charge in [-0.1, -0.05) is 48.5 Å². The number of hydrogen-bond acceptors (Lipinski definition) is 3. The molecule has 7 unspecified atom stereocenters. The number of ketones is 2. The zero-order valence-corrected chi connectivity index (χ0v) is 17.2. The highest BCUT2D eigenvalue weighted by Crippen LogP contribution is 2.57. The van der Waals surface area contributed by atoms with Crippen LogP contribution in [0.3, 0.4) is 0 Å². The SMILES string of the molecule is CC(C)C(=O)C1CC2(CC(C(=O)C(C)C)C(C)CC2O)C(C)CC1C. The average Bonchev–Trinajstić information content (AvgIpc) is 2.52. The van der Waals surface area contributed by atoms with Gasteiger partial charge in [0, 0.05) is 29.1 Å². The smallest absolute Gasteiger partial charge is 0.138 e. The van der Waals surface area contributed by atoms with Crippen molar-refractivity contribution >= 4 is 11.6 Å². The molecule has 0 radical (unpaired) electrons. The lowest BCUT2D eigenvalue weighted by molar-refractivity contribution is -0.154. The highest BCUT2D eigenvalue weighted by Gasteiger charge is 2.55. The summed E-state index contributed by atoms with van der Waals surface area (Å²) in [6, 6.07) is 0. The Labute approximate surface area is 154 Å². The summed E-state index contributed by atoms with van der Waals surface area (Å²) >= 11 is 0. The fraction of sp³-hybridized carbons (Fsp3) is 0.909. The third-order valence-corrected chi connectivity index (χ3v) is 7.41. The molecule has 144 valence electrons. The van der Waals surface area contributed by atoms with Gasteiger partial charge in [0.15, 0.2) is 0 Å². The van der Waals surface area contributed by atoms with Gasteiger partial charge < -0.3 is 5.11 Å². The Morgan fingerprint density at radius 1 is 0.840 bits per heavy atom. The second kappa shape index (κ2) is 7.50. The number of carbonyl (C=O) groups excluding carboxylic acids is 2. The topological polar surface area (TPSA) is 54.4 Å². The molecule has 2 aliphatic carbocycles. The van der Waals surface area contributed by atoms with Crippen LogP contribution in [-0.2, 0) is 9.59 Å². The summed E-state index contributed by atoms with van der Waals surface area (Å²) in [5, 5.41) is 11.1. The third-order valence-electron chi connectivity index (χ3n) is 7.41. The van der Waals surface area contributed by atoms with Gasteiger partial charge >= 0.3 is 0 Å². The van der Waals surface area contributed by atoms with Crippen LogP contribution in [0.4, 0.5) is 0 Å². The first-order valence-electron chi connectivity index (χ1n) is 10.3. The lowest BCUT2D eigenvalue weighted by Gasteiger charge is -2.55. The summed E-state index contributed by atoms with van der Waals surface area (Å²) in [5.74, 6) is 1.71. The van der Waals surface area contributed by atoms with Crippen molar-refractivity contribution in [1.82, 2.24) is 0 Å². The fourth-order valence-electron chi connectivity index (χ4n) is 5.63. The van der Waals surface area contributed by atoms with Gasteiger partial charge in [-0.05, 0) is 43.4 Å². The average molecular weight is 351 g/mol. The van der Waals surface area contributed by atoms with Gasteiger partial charge in [-0.2, -0.15) is 0 Å². The van der Waals surface area contributed by atoms with Crippen LogP contribution in [0, 0.1) is 46.8 Å². The predicted octanol–water partition coefficient (Wildman–Crippen LogP) is 4.51. The molecule has 0 aromatic carbocycles. The van der Waals surface area contributed by atoms with E-state index < -0.39 is 6.10 Å². The standard InChI is InChI=1S/C22H38O3/c1-12(2)20(24)17-10-22(16(7)8-14(17)5)11-18(21(25)13(3)4)15(6)9-19(22)23/h12-19,23H,8-11H2,1-7H3. The molecule has 0 saturated heterocycles. The molecule has 0 heterocycles. The van der Waals surface area contributed by atoms with E-state index in [4.69, 9.17) is 0 Å². The van der Waals surface area contributed by atoms with Crippen molar-refractivity contribution in [3.8, 4) is 0 Å². The lowest BCUT2D eigenvalue weighted by Crippen LogP contribution is -2.55. The number of carbonyl (C=O) groups is 2. The number of aliphatic hydroxyl groups is 1. The second-order valence-corrected chi connectivity index (χ2v) is 9.81. The number of rotatable bonds is 4. The maximum atomic E-state index is 12.8. The first-order chi connectivity index (χ1) is 11.5. The van der Waals surface area contributed by atoms with Crippen molar-refractivity contribution < 1.29 is 14.7 Å². The minimum absolute atomic E-state index is 0.0223. The monoisotopic (exact) mass is 350 g/mol. The van der Waals surface area contributed by atoms with E-state index in [1.165, 1.54) is 0 Å². The van der Waals surface area contributed by atoms with Gasteiger partial charge in [-0.15, -0.1) is 0 Å². The lowest BCUT2D eigenvalue weighted by atomic mass is 9.50. The summed E-state index contributed by atoms with van der Waals surface area (Å²) in [5.41, 5.74) is -0.274. The molecule has 3 heteroatoms. The maximum Gasteiger partial charge on any atom is 0.138 e. The van der Waals surface area contributed by atoms with Crippen molar-refractivity contribution in [2.24, 2.45) is 46.8 Å². The normalized spacial score (nSPS) is 42.2. The van der Waals surface area contributed by atoms with Crippen LogP contribution >= 0.6 is 0 Å². The van der Waals surface area contributed by atoms with Crippen molar-refractivity contribution in [1.29, 1.82) is 0 Å². The first-order valence-corrected chi connectivity index (χ1v) is 10.3. The Bertz CT molecular complexity index is 461. The van der Waals surface area contributed by atoms with Crippen LogP contribution in [-0.4, -0.2) is 22.8 Å². The molecule has 2 aliphatic rings. The van der Waals surface area contributed by atoms with E-state index in [1.807, 2.05) is 27.7 Å². The quantitative estimate of drug-likeness (QED) is 0.811. The van der Waals surface area contributed by atoms with Gasteiger partial charge in [-0.25, -0.2) is 0 Å². The zero-order chi connectivity index (χ0) is 19.1. The van der Waals surface area contributed by atoms with Crippen LogP contribution in [0.1, 0.15) is 74.1 Å². The van der Waals surface area contributed by atoms with E-state index >= 15 is 0 Å². The molecule has 7 atom stereocenters. The van der Waals surface area contributed by atoms with Gasteiger partial charge in [0.2, 0.25) is 0 Å². The van der Waals surface area contributed by atoms with Crippen molar-refractivity contribution in [3.05, 3.63) is 0 Å². The van der Waals surface area contributed by atoms with Gasteiger partial charge in [-0.3, -0.25) is 9.59 Å². The predicted molar refractivity (Wildman–Crippen MR) is 101 cm³/mol. The van der Waals surface area contributed by atoms with E-state index in [0.717, 1.165) is 19.3 Å². The largest absolute Gasteiger partial charge is 0.393 e. The minimum Gasteiger partial charge on any atom is -0.393 e. The molecule has 2 fully saturated rings. The van der Waals surface area contributed by atoms with Crippen LogP contribution in [0.5, 0.6) is 0 Å². The number of Topliss-reactive ketones (excluding diaryl/α,β-unsaturated/α-hetero) is 2. The fourth-order valence-corrected chi connectivity index (χ4v) is 5.63. The number of hydrogen-bond donors (Lipinski definition) is 1. The molecule has 0 aromatic rings. The molecule has 1 spiro atoms. The van der Waals surface area contributed by atoms with Crippen LogP contribution in [0.15, 0.2) is 0 Å². The van der Waals surface area contributed by atoms with Gasteiger partial charge in [0.1, 0.15) is 11.6 Å². The highest BCUT2D eigenvalue weighted by atomic mass is 16.3. The number of aliphatic hydroxyl groups excluding tert-OH is 1. The molecule has 2 saturated carbocycles. The van der Waals surface area contributed by atoms with Crippen LogP contribution < -0.4 is 0 Å². The van der Waals surface area contributed by atoms with Crippen LogP contribution in [0.2, 0.25) is 0 Å². The Morgan fingerprint density at radius 3 is 1.64 bits per heavy atom.